The summed E-state index contributed by atoms with van der Waals surface area (Å²) in [6.07, 6.45) is -3.27. The lowest BCUT2D eigenvalue weighted by Crippen LogP contribution is -2.45. The first kappa shape index (κ1) is 29.8. The van der Waals surface area contributed by atoms with Crippen molar-refractivity contribution in [1.82, 2.24) is 14.8 Å². The van der Waals surface area contributed by atoms with Gasteiger partial charge in [-0.3, -0.25) is 23.9 Å². The number of aromatic nitrogens is 1. The average molecular weight is 573 g/mol. The van der Waals surface area contributed by atoms with E-state index in [1.54, 1.807) is 42.6 Å². The number of hydrogen-bond acceptors (Lipinski definition) is 7. The first-order chi connectivity index (χ1) is 18.3. The number of nitrogens with zero attached hydrogens (tertiary/aromatic N) is 3. The number of piperidine rings is 1. The minimum Gasteiger partial charge on any atom is -0.360 e. The number of carbonyl (C=O) groups excluding carboxylic acids is 2. The summed E-state index contributed by atoms with van der Waals surface area (Å²) in [7, 11) is 0. The van der Waals surface area contributed by atoms with Crippen LogP contribution in [0.2, 0.25) is 0 Å². The summed E-state index contributed by atoms with van der Waals surface area (Å²) in [5, 5.41) is 16.5. The molecule has 210 valence electrons. The molecule has 0 bridgehead atoms. The maximum absolute atomic E-state index is 13.6. The number of alkyl halides is 5. The van der Waals surface area contributed by atoms with Crippen molar-refractivity contribution in [3.05, 3.63) is 43.8 Å². The summed E-state index contributed by atoms with van der Waals surface area (Å²) < 4.78 is 65.6. The molecule has 1 fully saturated rings. The zero-order valence-electron chi connectivity index (χ0n) is 20.7. The second-order valence-electron chi connectivity index (χ2n) is 8.69. The van der Waals surface area contributed by atoms with Gasteiger partial charge in [0.2, 0.25) is 5.91 Å². The number of nitrogens with one attached hydrogen (secondary N) is 3. The molecule has 39 heavy (non-hydrogen) atoms. The molecule has 2 amide bonds. The van der Waals surface area contributed by atoms with E-state index in [1.807, 2.05) is 0 Å². The minimum atomic E-state index is -4.67. The third-order valence-electron chi connectivity index (χ3n) is 5.58. The van der Waals surface area contributed by atoms with E-state index in [9.17, 15) is 41.6 Å². The van der Waals surface area contributed by atoms with Crippen molar-refractivity contribution in [3.8, 4) is 6.07 Å². The van der Waals surface area contributed by atoms with Crippen molar-refractivity contribution in [2.24, 2.45) is 0 Å². The van der Waals surface area contributed by atoms with E-state index < -0.39 is 48.1 Å². The molecule has 1 aliphatic rings. The first-order valence-corrected chi connectivity index (χ1v) is 12.6. The standard InChI is InChI=1S/C24H25F5N6O3S/c1-2-35-21(38)18(39-22(35)17(10-30)20(37)32-13-24(27,28)29)11-31-15-5-3-6-16(9-15)33-19(36)12-34-8-4-7-23(25,26)14-34/h3,5-6,9,11,31H,2,4,7-8,12-14H2,1H3,(H,32,37)(H,33,36)/b18-11+,22-17-. The van der Waals surface area contributed by atoms with Gasteiger partial charge in [0.25, 0.3) is 17.4 Å². The molecule has 2 heterocycles. The average Bonchev–Trinajstić information content (AvgIpc) is 3.15. The van der Waals surface area contributed by atoms with Gasteiger partial charge in [-0.25, -0.2) is 8.78 Å². The predicted molar refractivity (Wildman–Crippen MR) is 135 cm³/mol. The van der Waals surface area contributed by atoms with Crippen LogP contribution >= 0.6 is 11.3 Å². The molecule has 3 N–H and O–H groups in total. The van der Waals surface area contributed by atoms with E-state index in [-0.39, 0.29) is 28.7 Å². The Kier molecular flexibility index (Phi) is 9.46. The zero-order valence-corrected chi connectivity index (χ0v) is 21.5. The van der Waals surface area contributed by atoms with E-state index in [1.165, 1.54) is 11.1 Å². The van der Waals surface area contributed by atoms with E-state index in [4.69, 9.17) is 0 Å². The van der Waals surface area contributed by atoms with Gasteiger partial charge in [0.05, 0.1) is 13.1 Å². The molecule has 0 atom stereocenters. The van der Waals surface area contributed by atoms with Gasteiger partial charge in [0, 0.05) is 30.5 Å². The highest BCUT2D eigenvalue weighted by molar-refractivity contribution is 7.07. The molecule has 1 aliphatic heterocycles. The monoisotopic (exact) mass is 572 g/mol. The molecule has 1 saturated heterocycles. The fourth-order valence-electron chi connectivity index (χ4n) is 3.88. The number of rotatable bonds is 8. The fourth-order valence-corrected chi connectivity index (χ4v) is 4.96. The molecule has 1 aromatic carbocycles. The SMILES string of the molecule is CCn1c(=O)/c(=C\Nc2cccc(NC(=O)CN3CCCC(F)(F)C3)c2)s/c1=C(/C#N)C(=O)NCC(F)(F)F. The summed E-state index contributed by atoms with van der Waals surface area (Å²) in [5.41, 5.74) is -0.369. The Morgan fingerprint density at radius 1 is 1.26 bits per heavy atom. The molecule has 15 heteroatoms. The maximum Gasteiger partial charge on any atom is 0.405 e. The molecular formula is C24H25F5N6O3S. The Labute approximate surface area is 223 Å². The van der Waals surface area contributed by atoms with Gasteiger partial charge in [-0.1, -0.05) is 6.07 Å². The number of anilines is 2. The number of nitriles is 1. The lowest BCUT2D eigenvalue weighted by atomic mass is 10.1. The van der Waals surface area contributed by atoms with E-state index in [2.05, 4.69) is 10.6 Å². The largest absolute Gasteiger partial charge is 0.405 e. The van der Waals surface area contributed by atoms with Gasteiger partial charge in [0.15, 0.2) is 5.57 Å². The van der Waals surface area contributed by atoms with Crippen LogP contribution in [-0.4, -0.2) is 59.6 Å². The van der Waals surface area contributed by atoms with Gasteiger partial charge < -0.3 is 16.0 Å². The van der Waals surface area contributed by atoms with Crippen LogP contribution in [0.3, 0.4) is 0 Å². The molecule has 0 saturated carbocycles. The Balaban J connectivity index is 1.78. The van der Waals surface area contributed by atoms with Crippen molar-refractivity contribution in [2.45, 2.75) is 38.4 Å². The summed E-state index contributed by atoms with van der Waals surface area (Å²) in [6.45, 7) is -0.273. The summed E-state index contributed by atoms with van der Waals surface area (Å²) >= 11 is 0.753. The van der Waals surface area contributed by atoms with Crippen molar-refractivity contribution in [3.63, 3.8) is 0 Å². The summed E-state index contributed by atoms with van der Waals surface area (Å²) in [6, 6.07) is 7.94. The van der Waals surface area contributed by atoms with Gasteiger partial charge in [-0.2, -0.15) is 18.4 Å². The quantitative estimate of drug-likeness (QED) is 0.416. The molecular weight excluding hydrogens is 547 g/mol. The normalized spacial score (nSPS) is 16.8. The van der Waals surface area contributed by atoms with Gasteiger partial charge in [-0.15, -0.1) is 11.3 Å². The Morgan fingerprint density at radius 3 is 2.62 bits per heavy atom. The number of hydrogen-bond donors (Lipinski definition) is 3. The van der Waals surface area contributed by atoms with Gasteiger partial charge in [-0.05, 0) is 38.1 Å². The van der Waals surface area contributed by atoms with Crippen molar-refractivity contribution >= 4 is 46.3 Å². The van der Waals surface area contributed by atoms with Crippen molar-refractivity contribution < 1.29 is 31.5 Å². The number of amides is 2. The van der Waals surface area contributed by atoms with E-state index >= 15 is 0 Å². The molecule has 9 nitrogen and oxygen atoms in total. The number of carbonyl (C=O) groups is 2. The van der Waals surface area contributed by atoms with Crippen LogP contribution < -0.4 is 30.7 Å². The third-order valence-corrected chi connectivity index (χ3v) is 6.71. The van der Waals surface area contributed by atoms with Gasteiger partial charge >= 0.3 is 6.18 Å². The topological polar surface area (TPSA) is 119 Å². The molecule has 3 rings (SSSR count). The zero-order chi connectivity index (χ0) is 28.8. The lowest BCUT2D eigenvalue weighted by Gasteiger charge is -2.31. The van der Waals surface area contributed by atoms with E-state index in [0.717, 1.165) is 15.9 Å². The highest BCUT2D eigenvalue weighted by Crippen LogP contribution is 2.26. The van der Waals surface area contributed by atoms with Crippen molar-refractivity contribution in [2.75, 3.05) is 36.8 Å². The van der Waals surface area contributed by atoms with Crippen LogP contribution in [0.25, 0.3) is 11.8 Å². The molecule has 0 aliphatic carbocycles. The molecule has 2 aromatic rings. The number of benzene rings is 1. The smallest absolute Gasteiger partial charge is 0.360 e. The lowest BCUT2D eigenvalue weighted by molar-refractivity contribution is -0.135. The Morgan fingerprint density at radius 2 is 1.97 bits per heavy atom. The van der Waals surface area contributed by atoms with Crippen LogP contribution in [-0.2, 0) is 16.1 Å². The Hall–Kier alpha value is -3.77. The van der Waals surface area contributed by atoms with Crippen molar-refractivity contribution in [1.29, 1.82) is 5.26 Å². The highest BCUT2D eigenvalue weighted by Gasteiger charge is 2.35. The summed E-state index contributed by atoms with van der Waals surface area (Å²) in [4.78, 5) is 38.7. The highest BCUT2D eigenvalue weighted by atomic mass is 32.1. The van der Waals surface area contributed by atoms with Crippen LogP contribution in [0.4, 0.5) is 33.3 Å². The summed E-state index contributed by atoms with van der Waals surface area (Å²) in [5.74, 6) is -4.55. The molecule has 1 aromatic heterocycles. The van der Waals surface area contributed by atoms with Crippen LogP contribution in [0, 0.1) is 11.3 Å². The second kappa shape index (κ2) is 12.4. The fraction of sp³-hybridized carbons (Fsp3) is 0.417. The number of halogens is 5. The van der Waals surface area contributed by atoms with Crippen LogP contribution in [0.15, 0.2) is 29.1 Å². The van der Waals surface area contributed by atoms with Crippen LogP contribution in [0.1, 0.15) is 19.8 Å². The molecule has 0 spiro atoms. The molecule has 0 radical (unpaired) electrons. The first-order valence-electron chi connectivity index (χ1n) is 11.8. The third kappa shape index (κ3) is 8.36. The van der Waals surface area contributed by atoms with Crippen LogP contribution in [0.5, 0.6) is 0 Å². The van der Waals surface area contributed by atoms with E-state index in [0.29, 0.717) is 24.3 Å². The maximum atomic E-state index is 13.6. The number of thiazole rings is 1. The minimum absolute atomic E-state index is 0.0563. The number of likely N-dealkylation sites (tertiary alicyclic amines) is 1. The Bertz CT molecular complexity index is 1440. The van der Waals surface area contributed by atoms with Gasteiger partial charge in [0.1, 0.15) is 21.8 Å². The molecule has 0 unspecified atom stereocenters. The second-order valence-corrected chi connectivity index (χ2v) is 9.72. The predicted octanol–water partition coefficient (Wildman–Crippen LogP) is 1.80.